The Morgan fingerprint density at radius 3 is 1.09 bits per heavy atom. The Kier molecular flexibility index (Phi) is 6.06. The van der Waals surface area contributed by atoms with E-state index < -0.39 is 13.8 Å². The second kappa shape index (κ2) is 4.50. The van der Waals surface area contributed by atoms with Gasteiger partial charge in [-0.2, -0.15) is 6.92 Å². The van der Waals surface area contributed by atoms with E-state index in [-0.39, 0.29) is 21.1 Å². The van der Waals surface area contributed by atoms with Gasteiger partial charge in [0.1, 0.15) is 0 Å². The third-order valence-corrected chi connectivity index (χ3v) is 8.50. The van der Waals surface area contributed by atoms with E-state index in [4.69, 9.17) is 0 Å². The van der Waals surface area contributed by atoms with Crippen LogP contribution in [0.25, 0.3) is 0 Å². The molecule has 0 N–H and O–H groups in total. The third-order valence-electron chi connectivity index (χ3n) is 1.75. The molecule has 0 amide bonds. The van der Waals surface area contributed by atoms with Gasteiger partial charge in [-0.05, 0) is 0 Å². The fourth-order valence-electron chi connectivity index (χ4n) is 0.733. The second-order valence-electron chi connectivity index (χ2n) is 3.92. The summed E-state index contributed by atoms with van der Waals surface area (Å²) in [5.41, 5.74) is 0. The van der Waals surface area contributed by atoms with Crippen molar-refractivity contribution in [1.82, 2.24) is 0 Å². The molecule has 0 aromatic carbocycles. The molecule has 0 rings (SSSR count). The number of hydrogen-bond acceptors (Lipinski definition) is 0. The second-order valence-corrected chi connectivity index (χ2v) is 12.4. The van der Waals surface area contributed by atoms with Gasteiger partial charge in [0.05, 0.1) is 0 Å². The van der Waals surface area contributed by atoms with E-state index in [2.05, 4.69) is 46.2 Å². The van der Waals surface area contributed by atoms with Gasteiger partial charge in [0.15, 0.2) is 0 Å². The summed E-state index contributed by atoms with van der Waals surface area (Å²) in [6, 6.07) is 0. The zero-order chi connectivity index (χ0) is 8.58. The standard InChI is InChI=1S/C8H19P2.W/c1-8(9(2,3)4)10(5,6)7;/h2,5H2,1,3-4,6-7H3;/q-1;. The zero-order valence-corrected chi connectivity index (χ0v) is 12.9. The van der Waals surface area contributed by atoms with Crippen molar-refractivity contribution in [3.8, 4) is 0 Å². The first-order chi connectivity index (χ1) is 4.15. The van der Waals surface area contributed by atoms with Crippen molar-refractivity contribution < 1.29 is 21.1 Å². The average Bonchev–Trinajstić information content (AvgIpc) is 1.59. The summed E-state index contributed by atoms with van der Waals surface area (Å²) in [5.74, 6) is 0. The largest absolute Gasteiger partial charge is 0.263 e. The van der Waals surface area contributed by atoms with Crippen molar-refractivity contribution >= 4 is 26.4 Å². The maximum absolute atomic E-state index is 4.20. The van der Waals surface area contributed by atoms with Crippen LogP contribution in [0, 0.1) is 5.40 Å². The van der Waals surface area contributed by atoms with Crippen LogP contribution in [0.2, 0.25) is 0 Å². The fraction of sp³-hybridized carbons (Fsp3) is 0.625. The SMILES string of the molecule is C=P(C)(C)[C-](C)P(=C)(C)C.[W]. The van der Waals surface area contributed by atoms with Crippen LogP contribution >= 0.6 is 13.8 Å². The molecule has 0 atom stereocenters. The van der Waals surface area contributed by atoms with Crippen molar-refractivity contribution in [2.45, 2.75) is 6.92 Å². The molecule has 0 unspecified atom stereocenters. The first kappa shape index (κ1) is 14.8. The molecule has 0 saturated heterocycles. The van der Waals surface area contributed by atoms with Crippen LogP contribution in [0.3, 0.4) is 0 Å². The predicted molar refractivity (Wildman–Crippen MR) is 60.7 cm³/mol. The maximum atomic E-state index is 4.20. The molecule has 0 aliphatic heterocycles. The summed E-state index contributed by atoms with van der Waals surface area (Å²) in [5, 5.41) is 1.57. The van der Waals surface area contributed by atoms with Gasteiger partial charge in [0.2, 0.25) is 0 Å². The summed E-state index contributed by atoms with van der Waals surface area (Å²) in [7, 11) is 0. The van der Waals surface area contributed by atoms with Gasteiger partial charge in [0.25, 0.3) is 0 Å². The van der Waals surface area contributed by atoms with Crippen LogP contribution in [0.1, 0.15) is 6.92 Å². The normalized spacial score (nSPS) is 12.9. The van der Waals surface area contributed by atoms with Crippen molar-refractivity contribution in [2.75, 3.05) is 26.7 Å². The van der Waals surface area contributed by atoms with E-state index in [1.54, 1.807) is 5.40 Å². The van der Waals surface area contributed by atoms with E-state index in [0.717, 1.165) is 0 Å². The molecular formula is C8H19P2W-. The Balaban J connectivity index is 0. The third kappa shape index (κ3) is 5.52. The van der Waals surface area contributed by atoms with Crippen molar-refractivity contribution in [1.29, 1.82) is 0 Å². The molecule has 0 nitrogen and oxygen atoms in total. The van der Waals surface area contributed by atoms with Gasteiger partial charge in [-0.1, -0.05) is 26.7 Å². The number of rotatable bonds is 2. The molecule has 0 aliphatic carbocycles. The fourth-order valence-corrected chi connectivity index (χ4v) is 6.60. The summed E-state index contributed by atoms with van der Waals surface area (Å²) in [4.78, 5) is 0. The quantitative estimate of drug-likeness (QED) is 0.524. The monoisotopic (exact) mass is 361 g/mol. The van der Waals surface area contributed by atoms with Crippen LogP contribution in [-0.4, -0.2) is 39.3 Å². The molecule has 0 aliphatic rings. The maximum Gasteiger partial charge on any atom is 0 e. The average molecular weight is 361 g/mol. The summed E-state index contributed by atoms with van der Waals surface area (Å²) >= 11 is 0. The van der Waals surface area contributed by atoms with E-state index in [1.807, 2.05) is 0 Å². The van der Waals surface area contributed by atoms with Crippen LogP contribution in [0.15, 0.2) is 0 Å². The molecule has 0 bridgehead atoms. The van der Waals surface area contributed by atoms with Gasteiger partial charge in [0, 0.05) is 21.1 Å². The zero-order valence-electron chi connectivity index (χ0n) is 8.22. The van der Waals surface area contributed by atoms with Crippen LogP contribution < -0.4 is 0 Å². The first-order valence-corrected chi connectivity index (χ1v) is 9.11. The van der Waals surface area contributed by atoms with Gasteiger partial charge in [-0.25, -0.2) is 13.8 Å². The topological polar surface area (TPSA) is 0 Å². The molecule has 0 heterocycles. The van der Waals surface area contributed by atoms with E-state index in [1.165, 1.54) is 0 Å². The van der Waals surface area contributed by atoms with E-state index in [0.29, 0.717) is 0 Å². The minimum Gasteiger partial charge on any atom is -0.263 e. The van der Waals surface area contributed by atoms with Gasteiger partial charge in [-0.15, -0.1) is 12.6 Å². The molecule has 0 radical (unpaired) electrons. The minimum atomic E-state index is -0.975. The summed E-state index contributed by atoms with van der Waals surface area (Å²) < 4.78 is 0. The number of hydrogen-bond donors (Lipinski definition) is 0. The van der Waals surface area contributed by atoms with Crippen LogP contribution in [0.5, 0.6) is 0 Å². The Bertz CT molecular complexity index is 174. The Hall–Kier alpha value is 1.29. The van der Waals surface area contributed by atoms with Gasteiger partial charge < -0.3 is 0 Å². The molecule has 0 aromatic rings. The van der Waals surface area contributed by atoms with Crippen molar-refractivity contribution in [3.05, 3.63) is 5.40 Å². The van der Waals surface area contributed by atoms with Crippen LogP contribution in [-0.2, 0) is 21.1 Å². The molecule has 0 saturated carbocycles. The molecule has 0 fully saturated rings. The molecule has 0 spiro atoms. The molecular weight excluding hydrogens is 342 g/mol. The Labute approximate surface area is 86.4 Å². The summed E-state index contributed by atoms with van der Waals surface area (Å²) in [6.07, 6.45) is 8.40. The summed E-state index contributed by atoms with van der Waals surface area (Å²) in [6.45, 7) is 9.31. The van der Waals surface area contributed by atoms with E-state index in [9.17, 15) is 0 Å². The molecule has 11 heavy (non-hydrogen) atoms. The van der Waals surface area contributed by atoms with Crippen molar-refractivity contribution in [2.24, 2.45) is 0 Å². The smallest absolute Gasteiger partial charge is 0 e. The molecule has 0 aromatic heterocycles. The predicted octanol–water partition coefficient (Wildman–Crippen LogP) is 2.91. The first-order valence-electron chi connectivity index (χ1n) is 3.37. The van der Waals surface area contributed by atoms with Crippen LogP contribution in [0.4, 0.5) is 0 Å². The Morgan fingerprint density at radius 2 is 1.09 bits per heavy atom. The van der Waals surface area contributed by atoms with Gasteiger partial charge in [-0.3, -0.25) is 5.40 Å². The molecule has 68 valence electrons. The molecule has 3 heteroatoms. The Morgan fingerprint density at radius 1 is 0.909 bits per heavy atom. The minimum absolute atomic E-state index is 0. The van der Waals surface area contributed by atoms with Crippen molar-refractivity contribution in [3.63, 3.8) is 0 Å². The van der Waals surface area contributed by atoms with E-state index >= 15 is 0 Å². The van der Waals surface area contributed by atoms with Gasteiger partial charge >= 0.3 is 0 Å².